The Hall–Kier alpha value is -1.18. The fourth-order valence-electron chi connectivity index (χ4n) is 2.32. The molecule has 1 N–H and O–H groups in total. The number of hydrogen-bond donors (Lipinski definition) is 1. The van der Waals surface area contributed by atoms with E-state index >= 15 is 0 Å². The molecule has 0 atom stereocenters. The summed E-state index contributed by atoms with van der Waals surface area (Å²) in [5.74, 6) is 4.06. The quantitative estimate of drug-likeness (QED) is 0.898. The molecule has 0 aromatic heterocycles. The van der Waals surface area contributed by atoms with Gasteiger partial charge in [0.2, 0.25) is 0 Å². The summed E-state index contributed by atoms with van der Waals surface area (Å²) in [6.07, 6.45) is 2.65. The number of thioether (sulfide) groups is 1. The van der Waals surface area contributed by atoms with E-state index in [1.54, 1.807) is 7.11 Å². The van der Waals surface area contributed by atoms with E-state index in [1.807, 2.05) is 18.2 Å². The molecule has 19 heavy (non-hydrogen) atoms. The standard InChI is InChI=1S/C15H20N2OS/c1-18-15-3-2-13(8-14(15)9-16)11-17-10-12-4-6-19-7-5-12/h2-3,8,12,17H,4-7,10-11H2,1H3. The second kappa shape index (κ2) is 7.42. The first-order valence-electron chi connectivity index (χ1n) is 6.69. The highest BCUT2D eigenvalue weighted by molar-refractivity contribution is 7.99. The van der Waals surface area contributed by atoms with Gasteiger partial charge in [0.1, 0.15) is 11.8 Å². The molecule has 2 rings (SSSR count). The van der Waals surface area contributed by atoms with Crippen LogP contribution in [-0.4, -0.2) is 25.2 Å². The molecule has 1 aliphatic heterocycles. The topological polar surface area (TPSA) is 45.0 Å². The summed E-state index contributed by atoms with van der Waals surface area (Å²) in [6, 6.07) is 7.96. The SMILES string of the molecule is COc1ccc(CNCC2CCSCC2)cc1C#N. The zero-order chi connectivity index (χ0) is 13.5. The van der Waals surface area contributed by atoms with E-state index in [2.05, 4.69) is 23.1 Å². The summed E-state index contributed by atoms with van der Waals surface area (Å²) in [5, 5.41) is 12.6. The van der Waals surface area contributed by atoms with Crippen molar-refractivity contribution in [3.05, 3.63) is 29.3 Å². The molecule has 102 valence electrons. The molecule has 0 radical (unpaired) electrons. The van der Waals surface area contributed by atoms with Crippen molar-refractivity contribution in [2.24, 2.45) is 5.92 Å². The average molecular weight is 276 g/mol. The monoisotopic (exact) mass is 276 g/mol. The van der Waals surface area contributed by atoms with Crippen LogP contribution < -0.4 is 10.1 Å². The minimum atomic E-state index is 0.607. The minimum Gasteiger partial charge on any atom is -0.495 e. The molecule has 3 nitrogen and oxygen atoms in total. The van der Waals surface area contributed by atoms with Crippen LogP contribution in [0.25, 0.3) is 0 Å². The van der Waals surface area contributed by atoms with Gasteiger partial charge in [0.15, 0.2) is 0 Å². The molecule has 1 heterocycles. The van der Waals surface area contributed by atoms with Crippen molar-refractivity contribution < 1.29 is 4.74 Å². The lowest BCUT2D eigenvalue weighted by Gasteiger charge is -2.21. The molecule has 0 bridgehead atoms. The Morgan fingerprint density at radius 1 is 1.42 bits per heavy atom. The van der Waals surface area contributed by atoms with Crippen LogP contribution in [0.1, 0.15) is 24.0 Å². The molecule has 4 heteroatoms. The van der Waals surface area contributed by atoms with Gasteiger partial charge in [-0.05, 0) is 54.5 Å². The normalized spacial score (nSPS) is 16.0. The molecular weight excluding hydrogens is 256 g/mol. The number of nitrogens with one attached hydrogen (secondary N) is 1. The van der Waals surface area contributed by atoms with Crippen LogP contribution >= 0.6 is 11.8 Å². The van der Waals surface area contributed by atoms with Gasteiger partial charge in [-0.25, -0.2) is 0 Å². The molecule has 0 aliphatic carbocycles. The molecule has 0 amide bonds. The largest absolute Gasteiger partial charge is 0.495 e. The molecule has 1 fully saturated rings. The first-order valence-corrected chi connectivity index (χ1v) is 7.84. The molecule has 0 spiro atoms. The van der Waals surface area contributed by atoms with Crippen molar-refractivity contribution in [1.82, 2.24) is 5.32 Å². The van der Waals surface area contributed by atoms with E-state index in [0.717, 1.165) is 24.6 Å². The maximum absolute atomic E-state index is 9.05. The summed E-state index contributed by atoms with van der Waals surface area (Å²) < 4.78 is 5.15. The Bertz CT molecular complexity index is 450. The van der Waals surface area contributed by atoms with Gasteiger partial charge in [0.05, 0.1) is 12.7 Å². The third-order valence-corrected chi connectivity index (χ3v) is 4.54. The maximum atomic E-state index is 9.05. The second-order valence-corrected chi connectivity index (χ2v) is 6.06. The van der Waals surface area contributed by atoms with Gasteiger partial charge < -0.3 is 10.1 Å². The van der Waals surface area contributed by atoms with Crippen molar-refractivity contribution in [2.75, 3.05) is 25.2 Å². The van der Waals surface area contributed by atoms with Crippen LogP contribution in [0, 0.1) is 17.2 Å². The van der Waals surface area contributed by atoms with Crippen LogP contribution in [-0.2, 0) is 6.54 Å². The molecule has 1 aliphatic rings. The molecule has 0 unspecified atom stereocenters. The van der Waals surface area contributed by atoms with Crippen molar-refractivity contribution >= 4 is 11.8 Å². The predicted molar refractivity (Wildman–Crippen MR) is 79.5 cm³/mol. The maximum Gasteiger partial charge on any atom is 0.136 e. The number of nitriles is 1. The van der Waals surface area contributed by atoms with Crippen LogP contribution in [0.3, 0.4) is 0 Å². The molecule has 1 aromatic rings. The van der Waals surface area contributed by atoms with Gasteiger partial charge in [-0.2, -0.15) is 17.0 Å². The van der Waals surface area contributed by atoms with Crippen LogP contribution in [0.15, 0.2) is 18.2 Å². The lowest BCUT2D eigenvalue weighted by atomic mass is 10.0. The number of ether oxygens (including phenoxy) is 1. The number of methoxy groups -OCH3 is 1. The lowest BCUT2D eigenvalue weighted by molar-refractivity contribution is 0.413. The van der Waals surface area contributed by atoms with Gasteiger partial charge >= 0.3 is 0 Å². The Balaban J connectivity index is 1.84. The van der Waals surface area contributed by atoms with E-state index in [1.165, 1.54) is 24.3 Å². The molecule has 0 saturated carbocycles. The Morgan fingerprint density at radius 3 is 2.89 bits per heavy atom. The van der Waals surface area contributed by atoms with Crippen molar-refractivity contribution in [3.63, 3.8) is 0 Å². The first kappa shape index (κ1) is 14.2. The number of rotatable bonds is 5. The van der Waals surface area contributed by atoms with Gasteiger partial charge in [-0.15, -0.1) is 0 Å². The highest BCUT2D eigenvalue weighted by Gasteiger charge is 2.13. The highest BCUT2D eigenvalue weighted by atomic mass is 32.2. The van der Waals surface area contributed by atoms with Gasteiger partial charge in [-0.1, -0.05) is 6.07 Å². The Morgan fingerprint density at radius 2 is 2.21 bits per heavy atom. The smallest absolute Gasteiger partial charge is 0.136 e. The number of nitrogens with zero attached hydrogens (tertiary/aromatic N) is 1. The molecular formula is C15H20N2OS. The van der Waals surface area contributed by atoms with Gasteiger partial charge in [0, 0.05) is 6.54 Å². The fourth-order valence-corrected chi connectivity index (χ4v) is 3.53. The van der Waals surface area contributed by atoms with Crippen LogP contribution in [0.2, 0.25) is 0 Å². The van der Waals surface area contributed by atoms with E-state index in [9.17, 15) is 0 Å². The zero-order valence-corrected chi connectivity index (χ0v) is 12.1. The summed E-state index contributed by atoms with van der Waals surface area (Å²) in [4.78, 5) is 0. The number of benzene rings is 1. The summed E-state index contributed by atoms with van der Waals surface area (Å²) in [6.45, 7) is 1.90. The van der Waals surface area contributed by atoms with Crippen LogP contribution in [0.5, 0.6) is 5.75 Å². The van der Waals surface area contributed by atoms with E-state index in [4.69, 9.17) is 10.00 Å². The third kappa shape index (κ3) is 4.15. The Kier molecular flexibility index (Phi) is 5.56. The van der Waals surface area contributed by atoms with E-state index in [0.29, 0.717) is 11.3 Å². The third-order valence-electron chi connectivity index (χ3n) is 3.49. The predicted octanol–water partition coefficient (Wildman–Crippen LogP) is 2.80. The summed E-state index contributed by atoms with van der Waals surface area (Å²) in [5.41, 5.74) is 1.75. The van der Waals surface area contributed by atoms with E-state index in [-0.39, 0.29) is 0 Å². The highest BCUT2D eigenvalue weighted by Crippen LogP contribution is 2.22. The lowest BCUT2D eigenvalue weighted by Crippen LogP contribution is -2.25. The summed E-state index contributed by atoms with van der Waals surface area (Å²) >= 11 is 2.06. The van der Waals surface area contributed by atoms with Crippen molar-refractivity contribution in [2.45, 2.75) is 19.4 Å². The number of hydrogen-bond acceptors (Lipinski definition) is 4. The summed E-state index contributed by atoms with van der Waals surface area (Å²) in [7, 11) is 1.59. The molecule has 1 aromatic carbocycles. The van der Waals surface area contributed by atoms with Gasteiger partial charge in [-0.3, -0.25) is 0 Å². The van der Waals surface area contributed by atoms with E-state index < -0.39 is 0 Å². The van der Waals surface area contributed by atoms with Gasteiger partial charge in [0.25, 0.3) is 0 Å². The zero-order valence-electron chi connectivity index (χ0n) is 11.3. The van der Waals surface area contributed by atoms with Crippen molar-refractivity contribution in [1.29, 1.82) is 5.26 Å². The second-order valence-electron chi connectivity index (χ2n) is 4.83. The van der Waals surface area contributed by atoms with Crippen LogP contribution in [0.4, 0.5) is 0 Å². The average Bonchev–Trinajstić information content (AvgIpc) is 2.48. The molecule has 1 saturated heterocycles. The fraction of sp³-hybridized carbons (Fsp3) is 0.533. The Labute approximate surface area is 119 Å². The minimum absolute atomic E-state index is 0.607. The van der Waals surface area contributed by atoms with Crippen molar-refractivity contribution in [3.8, 4) is 11.8 Å². The first-order chi connectivity index (χ1) is 9.33.